The van der Waals surface area contributed by atoms with Gasteiger partial charge >= 0.3 is 5.69 Å². The molecule has 21 heavy (non-hydrogen) atoms. The first-order valence-electron chi connectivity index (χ1n) is 7.20. The van der Waals surface area contributed by atoms with Gasteiger partial charge in [-0.3, -0.25) is 10.1 Å². The average molecular weight is 377 g/mol. The van der Waals surface area contributed by atoms with E-state index in [9.17, 15) is 10.1 Å². The number of alkyl halides is 1. The van der Waals surface area contributed by atoms with Gasteiger partial charge in [-0.2, -0.15) is 0 Å². The molecule has 0 N–H and O–H groups in total. The van der Waals surface area contributed by atoms with E-state index >= 15 is 0 Å². The van der Waals surface area contributed by atoms with Crippen molar-refractivity contribution in [2.45, 2.75) is 38.5 Å². The molecule has 1 aliphatic carbocycles. The highest BCUT2D eigenvalue weighted by Crippen LogP contribution is 2.40. The van der Waals surface area contributed by atoms with Gasteiger partial charge in [-0.1, -0.05) is 59.3 Å². The fourth-order valence-electron chi connectivity index (χ4n) is 2.80. The molecule has 1 aromatic rings. The average Bonchev–Trinajstić information content (AvgIpc) is 2.72. The van der Waals surface area contributed by atoms with Gasteiger partial charge in [0, 0.05) is 16.8 Å². The normalized spacial score (nSPS) is 18.0. The van der Waals surface area contributed by atoms with Crippen LogP contribution >= 0.6 is 27.5 Å². The third kappa shape index (κ3) is 4.10. The van der Waals surface area contributed by atoms with Gasteiger partial charge < -0.3 is 4.74 Å². The van der Waals surface area contributed by atoms with Crippen molar-refractivity contribution < 1.29 is 9.66 Å². The first kappa shape index (κ1) is 16.6. The maximum absolute atomic E-state index is 11.1. The summed E-state index contributed by atoms with van der Waals surface area (Å²) in [6.07, 6.45) is 7.02. The molecule has 0 bridgehead atoms. The van der Waals surface area contributed by atoms with Gasteiger partial charge in [-0.15, -0.1) is 0 Å². The molecule has 0 radical (unpaired) electrons. The molecule has 116 valence electrons. The molecule has 1 aromatic carbocycles. The predicted molar refractivity (Wildman–Crippen MR) is 87.5 cm³/mol. The highest BCUT2D eigenvalue weighted by Gasteiger charge is 2.32. The lowest BCUT2D eigenvalue weighted by Gasteiger charge is -2.30. The van der Waals surface area contributed by atoms with E-state index in [0.717, 1.165) is 18.2 Å². The number of nitrogens with zero attached hydrogens (tertiary/aromatic N) is 1. The van der Waals surface area contributed by atoms with Crippen LogP contribution in [0.2, 0.25) is 5.02 Å². The van der Waals surface area contributed by atoms with Gasteiger partial charge in [0.1, 0.15) is 0 Å². The molecular formula is C15H19BrClNO3. The second kappa shape index (κ2) is 7.45. The molecule has 1 fully saturated rings. The van der Waals surface area contributed by atoms with Crippen molar-refractivity contribution in [2.24, 2.45) is 5.41 Å². The summed E-state index contributed by atoms with van der Waals surface area (Å²) in [5.41, 5.74) is -0.0235. The molecule has 1 aliphatic rings. The van der Waals surface area contributed by atoms with E-state index in [2.05, 4.69) is 15.9 Å². The van der Waals surface area contributed by atoms with Gasteiger partial charge in [0.05, 0.1) is 16.6 Å². The number of para-hydroxylation sites is 1. The quantitative estimate of drug-likeness (QED) is 0.301. The summed E-state index contributed by atoms with van der Waals surface area (Å²) < 4.78 is 5.81. The van der Waals surface area contributed by atoms with E-state index in [1.165, 1.54) is 31.7 Å². The van der Waals surface area contributed by atoms with Crippen molar-refractivity contribution in [1.29, 1.82) is 0 Å². The van der Waals surface area contributed by atoms with Crippen LogP contribution in [-0.2, 0) is 0 Å². The van der Waals surface area contributed by atoms with Gasteiger partial charge in [0.25, 0.3) is 0 Å². The summed E-state index contributed by atoms with van der Waals surface area (Å²) >= 11 is 9.67. The Morgan fingerprint density at radius 3 is 2.52 bits per heavy atom. The van der Waals surface area contributed by atoms with Crippen molar-refractivity contribution in [3.63, 3.8) is 0 Å². The van der Waals surface area contributed by atoms with Crippen LogP contribution in [0.3, 0.4) is 0 Å². The van der Waals surface area contributed by atoms with Crippen molar-refractivity contribution in [1.82, 2.24) is 0 Å². The Balaban J connectivity index is 2.16. The summed E-state index contributed by atoms with van der Waals surface area (Å²) in [7, 11) is 0. The van der Waals surface area contributed by atoms with Crippen molar-refractivity contribution in [2.75, 3.05) is 11.9 Å². The van der Waals surface area contributed by atoms with Crippen LogP contribution in [-0.4, -0.2) is 16.9 Å². The minimum atomic E-state index is -0.449. The maximum Gasteiger partial charge on any atom is 0.312 e. The summed E-state index contributed by atoms with van der Waals surface area (Å²) in [6.45, 7) is 0.461. The Morgan fingerprint density at radius 2 is 1.95 bits per heavy atom. The molecule has 0 unspecified atom stereocenters. The smallest absolute Gasteiger partial charge is 0.312 e. The van der Waals surface area contributed by atoms with Gasteiger partial charge in [-0.05, 0) is 18.9 Å². The fourth-order valence-corrected chi connectivity index (χ4v) is 3.75. The Bertz CT molecular complexity index is 502. The number of hydrogen-bond acceptors (Lipinski definition) is 3. The minimum absolute atomic E-state index is 0.0452. The van der Waals surface area contributed by atoms with Crippen LogP contribution in [0.1, 0.15) is 38.5 Å². The Morgan fingerprint density at radius 1 is 1.29 bits per heavy atom. The molecule has 0 aliphatic heterocycles. The van der Waals surface area contributed by atoms with Crippen LogP contribution in [0.4, 0.5) is 5.69 Å². The topological polar surface area (TPSA) is 52.4 Å². The van der Waals surface area contributed by atoms with Gasteiger partial charge in [0.2, 0.25) is 5.75 Å². The Hall–Kier alpha value is -0.810. The molecule has 4 nitrogen and oxygen atoms in total. The van der Waals surface area contributed by atoms with E-state index in [4.69, 9.17) is 16.3 Å². The Labute approximate surface area is 138 Å². The second-order valence-electron chi connectivity index (χ2n) is 5.68. The summed E-state index contributed by atoms with van der Waals surface area (Å²) in [6, 6.07) is 4.62. The lowest BCUT2D eigenvalue weighted by Crippen LogP contribution is -2.30. The molecule has 0 amide bonds. The van der Waals surface area contributed by atoms with E-state index in [1.807, 2.05) is 0 Å². The van der Waals surface area contributed by atoms with E-state index in [-0.39, 0.29) is 16.9 Å². The molecule has 0 spiro atoms. The number of rotatable bonds is 5. The lowest BCUT2D eigenvalue weighted by atomic mass is 9.83. The second-order valence-corrected chi connectivity index (χ2v) is 6.65. The zero-order chi connectivity index (χ0) is 15.3. The van der Waals surface area contributed by atoms with Crippen LogP contribution in [0.15, 0.2) is 18.2 Å². The molecule has 0 heterocycles. The highest BCUT2D eigenvalue weighted by atomic mass is 79.9. The van der Waals surface area contributed by atoms with E-state index in [0.29, 0.717) is 11.6 Å². The van der Waals surface area contributed by atoms with Crippen LogP contribution in [0.25, 0.3) is 0 Å². The third-order valence-corrected chi connectivity index (χ3v) is 5.60. The van der Waals surface area contributed by atoms with E-state index in [1.54, 1.807) is 12.1 Å². The standard InChI is InChI=1S/C15H19BrClNO3/c16-10-15(8-3-1-2-4-9-15)11-21-14-12(17)6-5-7-13(14)18(19)20/h5-7H,1-4,8-11H2. The van der Waals surface area contributed by atoms with Crippen molar-refractivity contribution in [3.8, 4) is 5.75 Å². The number of nitro groups is 1. The highest BCUT2D eigenvalue weighted by molar-refractivity contribution is 9.09. The monoisotopic (exact) mass is 375 g/mol. The SMILES string of the molecule is O=[N+]([O-])c1cccc(Cl)c1OCC1(CBr)CCCCCC1. The number of ether oxygens (including phenoxy) is 1. The molecule has 6 heteroatoms. The minimum Gasteiger partial charge on any atom is -0.485 e. The van der Waals surface area contributed by atoms with Gasteiger partial charge in [-0.25, -0.2) is 0 Å². The number of hydrogen-bond donors (Lipinski definition) is 0. The zero-order valence-corrected chi connectivity index (χ0v) is 14.2. The molecule has 0 saturated heterocycles. The van der Waals surface area contributed by atoms with Crippen LogP contribution in [0, 0.1) is 15.5 Å². The van der Waals surface area contributed by atoms with Gasteiger partial charge in [0.15, 0.2) is 0 Å². The third-order valence-electron chi connectivity index (χ3n) is 4.11. The number of halogens is 2. The van der Waals surface area contributed by atoms with Crippen molar-refractivity contribution >= 4 is 33.2 Å². The zero-order valence-electron chi connectivity index (χ0n) is 11.8. The number of nitro benzene ring substituents is 1. The number of benzene rings is 1. The molecule has 0 aromatic heterocycles. The van der Waals surface area contributed by atoms with Crippen LogP contribution < -0.4 is 4.74 Å². The fraction of sp³-hybridized carbons (Fsp3) is 0.600. The van der Waals surface area contributed by atoms with E-state index < -0.39 is 4.92 Å². The lowest BCUT2D eigenvalue weighted by molar-refractivity contribution is -0.385. The summed E-state index contributed by atoms with van der Waals surface area (Å²) in [5, 5.41) is 12.2. The Kier molecular flexibility index (Phi) is 5.88. The molecule has 1 saturated carbocycles. The molecule has 0 atom stereocenters. The predicted octanol–water partition coefficient (Wildman–Crippen LogP) is 5.36. The first-order valence-corrected chi connectivity index (χ1v) is 8.70. The maximum atomic E-state index is 11.1. The van der Waals surface area contributed by atoms with Crippen LogP contribution in [0.5, 0.6) is 5.75 Å². The molecular weight excluding hydrogens is 358 g/mol. The largest absolute Gasteiger partial charge is 0.485 e. The first-order chi connectivity index (χ1) is 10.1. The van der Waals surface area contributed by atoms with Crippen molar-refractivity contribution in [3.05, 3.63) is 33.3 Å². The summed E-state index contributed by atoms with van der Waals surface area (Å²) in [5.74, 6) is 0.189. The molecule has 2 rings (SSSR count). The summed E-state index contributed by atoms with van der Waals surface area (Å²) in [4.78, 5) is 10.6.